The lowest BCUT2D eigenvalue weighted by Crippen LogP contribution is -2.58. The molecule has 13 nitrogen and oxygen atoms in total. The summed E-state index contributed by atoms with van der Waals surface area (Å²) in [6.07, 6.45) is 2.96. The molecule has 0 radical (unpaired) electrons. The normalized spacial score (nSPS) is 16.9. The number of aryl methyl sites for hydroxylation is 1. The lowest BCUT2D eigenvalue weighted by atomic mass is 9.85. The maximum absolute atomic E-state index is 13.7. The van der Waals surface area contributed by atoms with Crippen LogP contribution in [0.2, 0.25) is 0 Å². The van der Waals surface area contributed by atoms with E-state index in [-0.39, 0.29) is 38.6 Å². The van der Waals surface area contributed by atoms with Crippen LogP contribution < -0.4 is 10.6 Å². The van der Waals surface area contributed by atoms with Crippen molar-refractivity contribution >= 4 is 29.1 Å². The molecule has 14 heteroatoms. The highest BCUT2D eigenvalue weighted by molar-refractivity contribution is 7.13. The Labute approximate surface area is 274 Å². The summed E-state index contributed by atoms with van der Waals surface area (Å²) in [4.78, 5) is 49.2. The SMILES string of the molecule is Cc1ncsc1-c1ccc(CNC(=O)[C@@H]2C[C@@H](O)CN2C(=O)[C@@H](NC(=O)COCCOCCCCCCN=[N+]=[N-])C(C)(C)C)cc1. The number of nitrogens with one attached hydrogen (secondary N) is 2. The summed E-state index contributed by atoms with van der Waals surface area (Å²) in [5.74, 6) is -1.24. The summed E-state index contributed by atoms with van der Waals surface area (Å²) < 4.78 is 11.0. The predicted molar refractivity (Wildman–Crippen MR) is 176 cm³/mol. The molecular formula is C32H47N7O6S. The maximum atomic E-state index is 13.7. The van der Waals surface area contributed by atoms with Gasteiger partial charge in [0, 0.05) is 37.6 Å². The van der Waals surface area contributed by atoms with E-state index in [0.717, 1.165) is 47.4 Å². The van der Waals surface area contributed by atoms with E-state index < -0.39 is 35.4 Å². The summed E-state index contributed by atoms with van der Waals surface area (Å²) in [5.41, 5.74) is 12.3. The monoisotopic (exact) mass is 657 g/mol. The van der Waals surface area contributed by atoms with Crippen LogP contribution in [0.25, 0.3) is 20.9 Å². The first kappa shape index (κ1) is 36.9. The lowest BCUT2D eigenvalue weighted by molar-refractivity contribution is -0.144. The Kier molecular flexibility index (Phi) is 14.9. The molecule has 3 atom stereocenters. The van der Waals surface area contributed by atoms with Crippen molar-refractivity contribution in [2.24, 2.45) is 10.5 Å². The smallest absolute Gasteiger partial charge is 0.246 e. The third kappa shape index (κ3) is 11.7. The predicted octanol–water partition coefficient (Wildman–Crippen LogP) is 4.13. The Hall–Kier alpha value is -3.55. The first-order valence-corrected chi connectivity index (χ1v) is 16.6. The zero-order valence-electron chi connectivity index (χ0n) is 27.2. The van der Waals surface area contributed by atoms with E-state index in [9.17, 15) is 19.5 Å². The molecule has 46 heavy (non-hydrogen) atoms. The molecule has 0 bridgehead atoms. The van der Waals surface area contributed by atoms with Crippen molar-refractivity contribution in [3.05, 3.63) is 51.5 Å². The van der Waals surface area contributed by atoms with Gasteiger partial charge in [-0.2, -0.15) is 0 Å². The van der Waals surface area contributed by atoms with Gasteiger partial charge in [0.2, 0.25) is 17.7 Å². The number of hydrogen-bond acceptors (Lipinski definition) is 9. The number of nitrogens with zero attached hydrogens (tertiary/aromatic N) is 5. The van der Waals surface area contributed by atoms with Crippen LogP contribution >= 0.6 is 11.3 Å². The Morgan fingerprint density at radius 3 is 2.52 bits per heavy atom. The van der Waals surface area contributed by atoms with Gasteiger partial charge >= 0.3 is 0 Å². The molecule has 3 N–H and O–H groups in total. The molecule has 1 aromatic heterocycles. The first-order valence-electron chi connectivity index (χ1n) is 15.7. The zero-order valence-corrected chi connectivity index (χ0v) is 28.1. The van der Waals surface area contributed by atoms with Crippen molar-refractivity contribution in [3.63, 3.8) is 0 Å². The summed E-state index contributed by atoms with van der Waals surface area (Å²) in [7, 11) is 0. The molecule has 0 unspecified atom stereocenters. The van der Waals surface area contributed by atoms with E-state index in [0.29, 0.717) is 19.8 Å². The quantitative estimate of drug-likeness (QED) is 0.0933. The van der Waals surface area contributed by atoms with Gasteiger partial charge in [0.1, 0.15) is 18.7 Å². The molecule has 3 amide bonds. The third-order valence-corrected chi connectivity index (χ3v) is 8.65. The van der Waals surface area contributed by atoms with Crippen LogP contribution in [0.4, 0.5) is 0 Å². The summed E-state index contributed by atoms with van der Waals surface area (Å²) in [5, 5.41) is 19.6. The molecule has 1 fully saturated rings. The fourth-order valence-corrected chi connectivity index (χ4v) is 5.96. The molecule has 2 aromatic rings. The highest BCUT2D eigenvalue weighted by Crippen LogP contribution is 2.28. The molecule has 252 valence electrons. The number of azide groups is 1. The minimum Gasteiger partial charge on any atom is -0.391 e. The first-order chi connectivity index (χ1) is 22.0. The minimum absolute atomic E-state index is 0.00388. The summed E-state index contributed by atoms with van der Waals surface area (Å²) >= 11 is 1.58. The number of likely N-dealkylation sites (tertiary alicyclic amines) is 1. The number of aliphatic hydroxyl groups is 1. The number of aliphatic hydroxyl groups excluding tert-OH is 1. The van der Waals surface area contributed by atoms with Gasteiger partial charge in [-0.05, 0) is 41.8 Å². The number of amides is 3. The van der Waals surface area contributed by atoms with Gasteiger partial charge < -0.3 is 30.1 Å². The van der Waals surface area contributed by atoms with Crippen LogP contribution in [0, 0.1) is 12.3 Å². The molecule has 1 saturated heterocycles. The van der Waals surface area contributed by atoms with E-state index in [2.05, 4.69) is 25.6 Å². The number of β-amino-alcohol motifs (C(OH)–C–C–N with tert-alkyl or cyclic N) is 1. The summed E-state index contributed by atoms with van der Waals surface area (Å²) in [6, 6.07) is 6.08. The third-order valence-electron chi connectivity index (χ3n) is 7.68. The second-order valence-electron chi connectivity index (χ2n) is 12.5. The molecule has 0 saturated carbocycles. The van der Waals surface area contributed by atoms with Crippen molar-refractivity contribution in [1.82, 2.24) is 20.5 Å². The van der Waals surface area contributed by atoms with Gasteiger partial charge in [0.15, 0.2) is 0 Å². The van der Waals surface area contributed by atoms with Crippen LogP contribution in [0.1, 0.15) is 64.1 Å². The van der Waals surface area contributed by atoms with E-state index >= 15 is 0 Å². The maximum Gasteiger partial charge on any atom is 0.246 e. The number of hydrogen-bond donors (Lipinski definition) is 3. The lowest BCUT2D eigenvalue weighted by Gasteiger charge is -2.35. The molecular weight excluding hydrogens is 610 g/mol. The van der Waals surface area contributed by atoms with Gasteiger partial charge in [0.05, 0.1) is 35.4 Å². The fourth-order valence-electron chi connectivity index (χ4n) is 5.15. The number of ether oxygens (including phenoxy) is 2. The second-order valence-corrected chi connectivity index (χ2v) is 13.3. The highest BCUT2D eigenvalue weighted by atomic mass is 32.1. The molecule has 1 aliphatic rings. The number of carbonyl (C=O) groups excluding carboxylic acids is 3. The number of benzene rings is 1. The van der Waals surface area contributed by atoms with Gasteiger partial charge in [-0.15, -0.1) is 11.3 Å². The number of aromatic nitrogens is 1. The van der Waals surface area contributed by atoms with E-state index in [1.165, 1.54) is 4.90 Å². The largest absolute Gasteiger partial charge is 0.391 e. The van der Waals surface area contributed by atoms with Crippen molar-refractivity contribution in [1.29, 1.82) is 0 Å². The van der Waals surface area contributed by atoms with Gasteiger partial charge in [-0.1, -0.05) is 63.0 Å². The summed E-state index contributed by atoms with van der Waals surface area (Å²) in [6.45, 7) is 9.16. The zero-order chi connectivity index (χ0) is 33.5. The van der Waals surface area contributed by atoms with Crippen LogP contribution in [0.15, 0.2) is 34.9 Å². The van der Waals surface area contributed by atoms with E-state index in [1.54, 1.807) is 11.3 Å². The molecule has 1 aliphatic heterocycles. The topological polar surface area (TPSA) is 179 Å². The van der Waals surface area contributed by atoms with Crippen molar-refractivity contribution in [3.8, 4) is 10.4 Å². The van der Waals surface area contributed by atoms with Crippen LogP contribution in [-0.2, 0) is 30.4 Å². The number of thiazole rings is 1. The number of rotatable bonds is 18. The van der Waals surface area contributed by atoms with Crippen LogP contribution in [0.3, 0.4) is 0 Å². The van der Waals surface area contributed by atoms with Gasteiger partial charge in [0.25, 0.3) is 0 Å². The van der Waals surface area contributed by atoms with Crippen molar-refractivity contribution in [2.45, 2.75) is 84.5 Å². The fraction of sp³-hybridized carbons (Fsp3) is 0.625. The second kappa shape index (κ2) is 18.6. The Morgan fingerprint density at radius 1 is 1.13 bits per heavy atom. The van der Waals surface area contributed by atoms with Gasteiger partial charge in [-0.3, -0.25) is 14.4 Å². The van der Waals surface area contributed by atoms with Crippen LogP contribution in [-0.4, -0.2) is 90.4 Å². The number of carbonyl (C=O) groups is 3. The van der Waals surface area contributed by atoms with Crippen LogP contribution in [0.5, 0.6) is 0 Å². The van der Waals surface area contributed by atoms with Crippen molar-refractivity contribution < 1.29 is 29.0 Å². The standard InChI is InChI=1S/C32H47N7O6S/c1-22-28(46-21-35-22)24-11-9-23(10-12-24)18-34-30(42)26-17-25(40)19-39(26)31(43)29(32(2,3)4)37-27(41)20-45-16-15-44-14-8-6-5-7-13-36-38-33/h9-12,21,25-26,29,40H,5-8,13-20H2,1-4H3,(H,34,42)(H,37,41)/t25-,26+,29-/m1/s1. The van der Waals surface area contributed by atoms with E-state index in [4.69, 9.17) is 15.0 Å². The Bertz CT molecular complexity index is 1320. The van der Waals surface area contributed by atoms with Gasteiger partial charge in [-0.25, -0.2) is 4.98 Å². The molecule has 2 heterocycles. The Morgan fingerprint density at radius 2 is 1.85 bits per heavy atom. The minimum atomic E-state index is -0.929. The molecule has 3 rings (SSSR count). The molecule has 0 spiro atoms. The Balaban J connectivity index is 1.45. The average Bonchev–Trinajstić information content (AvgIpc) is 3.63. The highest BCUT2D eigenvalue weighted by Gasteiger charge is 2.44. The molecule has 1 aromatic carbocycles. The van der Waals surface area contributed by atoms with Crippen molar-refractivity contribution in [2.75, 3.05) is 39.5 Å². The number of unbranched alkanes of at least 4 members (excludes halogenated alkanes) is 3. The average molecular weight is 658 g/mol. The molecule has 0 aliphatic carbocycles. The van der Waals surface area contributed by atoms with E-state index in [1.807, 2.05) is 57.5 Å².